The fourth-order valence-electron chi connectivity index (χ4n) is 3.02. The number of hydrogen-bond donors (Lipinski definition) is 3. The van der Waals surface area contributed by atoms with Gasteiger partial charge >= 0.3 is 5.97 Å². The van der Waals surface area contributed by atoms with Crippen molar-refractivity contribution in [3.8, 4) is 0 Å². The van der Waals surface area contributed by atoms with Crippen LogP contribution in [0.4, 0.5) is 0 Å². The van der Waals surface area contributed by atoms with E-state index in [9.17, 15) is 9.90 Å². The number of hydrogen-bond acceptors (Lipinski definition) is 3. The third-order valence-electron chi connectivity index (χ3n) is 4.16. The Morgan fingerprint density at radius 2 is 2.04 bits per heavy atom. The van der Waals surface area contributed by atoms with E-state index in [-0.39, 0.29) is 12.5 Å². The lowest BCUT2D eigenvalue weighted by Crippen LogP contribution is -2.04. The predicted octanol–water partition coefficient (Wildman–Crippen LogP) is 2.74. The Morgan fingerprint density at radius 3 is 2.61 bits per heavy atom. The molecule has 5 heteroatoms. The number of aliphatic hydroxyl groups is 1. The van der Waals surface area contributed by atoms with Gasteiger partial charge in [0.2, 0.25) is 0 Å². The van der Waals surface area contributed by atoms with Crippen molar-refractivity contribution < 1.29 is 15.0 Å². The van der Waals surface area contributed by atoms with Gasteiger partial charge in [-0.25, -0.2) is 4.79 Å². The smallest absolute Gasteiger partial charge is 0.335 e. The Labute approximate surface area is 136 Å². The third-order valence-corrected chi connectivity index (χ3v) is 4.16. The van der Waals surface area contributed by atoms with E-state index in [1.54, 1.807) is 12.1 Å². The lowest BCUT2D eigenvalue weighted by molar-refractivity contribution is 0.0697. The van der Waals surface area contributed by atoms with Crippen LogP contribution in [0, 0.1) is 0 Å². The molecule has 1 heterocycles. The van der Waals surface area contributed by atoms with Gasteiger partial charge in [0.1, 0.15) is 0 Å². The zero-order chi connectivity index (χ0) is 17.0. The quantitative estimate of drug-likeness (QED) is 0.698. The van der Waals surface area contributed by atoms with Gasteiger partial charge in [0.05, 0.1) is 11.1 Å². The van der Waals surface area contributed by atoms with E-state index >= 15 is 0 Å². The molecule has 0 aliphatic heterocycles. The fourth-order valence-corrected chi connectivity index (χ4v) is 3.02. The van der Waals surface area contributed by atoms with Crippen molar-refractivity contribution in [3.05, 3.63) is 35.0 Å². The van der Waals surface area contributed by atoms with E-state index in [1.165, 1.54) is 0 Å². The summed E-state index contributed by atoms with van der Waals surface area (Å²) >= 11 is 0. The molecule has 23 heavy (non-hydrogen) atoms. The number of carboxylic acids is 1. The van der Waals surface area contributed by atoms with Crippen LogP contribution >= 0.6 is 0 Å². The number of aliphatic hydroxyl groups excluding tert-OH is 1. The van der Waals surface area contributed by atoms with Crippen LogP contribution in [0.1, 0.15) is 54.1 Å². The minimum Gasteiger partial charge on any atom is -0.478 e. The molecule has 5 nitrogen and oxygen atoms in total. The average Bonchev–Trinajstić information content (AvgIpc) is 2.87. The van der Waals surface area contributed by atoms with Gasteiger partial charge in [-0.1, -0.05) is 13.8 Å². The summed E-state index contributed by atoms with van der Waals surface area (Å²) in [7, 11) is 0. The SMILES string of the molecule is CC(C)c1cc(C(=O)O)cc2c(CCCN)cn(CCCO)c12. The molecular weight excluding hydrogens is 292 g/mol. The molecule has 2 aromatic rings. The van der Waals surface area contributed by atoms with E-state index in [4.69, 9.17) is 10.8 Å². The summed E-state index contributed by atoms with van der Waals surface area (Å²) in [5.74, 6) is -0.677. The topological polar surface area (TPSA) is 88.5 Å². The van der Waals surface area contributed by atoms with Gasteiger partial charge in [0, 0.05) is 24.7 Å². The largest absolute Gasteiger partial charge is 0.478 e. The molecule has 0 aliphatic rings. The molecule has 0 aliphatic carbocycles. The van der Waals surface area contributed by atoms with Gasteiger partial charge in [0.25, 0.3) is 0 Å². The fraction of sp³-hybridized carbons (Fsp3) is 0.500. The summed E-state index contributed by atoms with van der Waals surface area (Å²) in [5.41, 5.74) is 9.22. The minimum atomic E-state index is -0.901. The van der Waals surface area contributed by atoms with Gasteiger partial charge in [-0.2, -0.15) is 0 Å². The highest BCUT2D eigenvalue weighted by Crippen LogP contribution is 2.32. The van der Waals surface area contributed by atoms with E-state index in [1.807, 2.05) is 0 Å². The average molecular weight is 318 g/mol. The van der Waals surface area contributed by atoms with E-state index < -0.39 is 5.97 Å². The number of nitrogens with zero attached hydrogens (tertiary/aromatic N) is 1. The summed E-state index contributed by atoms with van der Waals surface area (Å²) in [6.07, 6.45) is 4.47. The number of aromatic nitrogens is 1. The molecule has 1 aromatic carbocycles. The Balaban J connectivity index is 2.68. The van der Waals surface area contributed by atoms with Crippen LogP contribution in [0.15, 0.2) is 18.3 Å². The maximum absolute atomic E-state index is 11.5. The highest BCUT2D eigenvalue weighted by Gasteiger charge is 2.18. The molecule has 0 amide bonds. The molecule has 0 spiro atoms. The highest BCUT2D eigenvalue weighted by molar-refractivity contribution is 5.97. The Kier molecular flexibility index (Phi) is 5.80. The highest BCUT2D eigenvalue weighted by atomic mass is 16.4. The second kappa shape index (κ2) is 7.62. The van der Waals surface area contributed by atoms with Crippen molar-refractivity contribution in [3.63, 3.8) is 0 Å². The van der Waals surface area contributed by atoms with Gasteiger partial charge in [-0.15, -0.1) is 0 Å². The molecular formula is C18H26N2O3. The van der Waals surface area contributed by atoms with Crippen LogP contribution in [-0.4, -0.2) is 33.9 Å². The molecule has 2 rings (SSSR count). The number of carboxylic acid groups (broad SMARTS) is 1. The Morgan fingerprint density at radius 1 is 1.30 bits per heavy atom. The maximum Gasteiger partial charge on any atom is 0.335 e. The van der Waals surface area contributed by atoms with E-state index in [0.29, 0.717) is 18.5 Å². The number of rotatable bonds is 8. The van der Waals surface area contributed by atoms with Crippen LogP contribution in [0.2, 0.25) is 0 Å². The first-order chi connectivity index (χ1) is 11.0. The molecule has 0 bridgehead atoms. The number of aromatic carboxylic acids is 1. The summed E-state index contributed by atoms with van der Waals surface area (Å²) in [5, 5.41) is 19.5. The first-order valence-electron chi connectivity index (χ1n) is 8.19. The lowest BCUT2D eigenvalue weighted by atomic mass is 9.95. The minimum absolute atomic E-state index is 0.141. The number of carbonyl (C=O) groups is 1. The summed E-state index contributed by atoms with van der Waals surface area (Å²) in [6.45, 7) is 5.62. The number of nitrogens with two attached hydrogens (primary N) is 1. The van der Waals surface area contributed by atoms with Crippen molar-refractivity contribution in [1.29, 1.82) is 0 Å². The second-order valence-electron chi connectivity index (χ2n) is 6.24. The van der Waals surface area contributed by atoms with Crippen LogP contribution < -0.4 is 5.73 Å². The predicted molar refractivity (Wildman–Crippen MR) is 92.1 cm³/mol. The van der Waals surface area contributed by atoms with Gasteiger partial charge in [-0.3, -0.25) is 0 Å². The second-order valence-corrected chi connectivity index (χ2v) is 6.24. The molecule has 0 radical (unpaired) electrons. The standard InChI is InChI=1S/C18H26N2O3/c1-12(2)15-9-14(18(22)23)10-16-13(5-3-6-19)11-20(17(15)16)7-4-8-21/h9-12,21H,3-8,19H2,1-2H3,(H,22,23). The monoisotopic (exact) mass is 318 g/mol. The van der Waals surface area contributed by atoms with E-state index in [2.05, 4.69) is 24.6 Å². The Hall–Kier alpha value is -1.85. The summed E-state index contributed by atoms with van der Waals surface area (Å²) < 4.78 is 2.15. The number of fused-ring (bicyclic) bond motifs is 1. The van der Waals surface area contributed by atoms with Crippen molar-refractivity contribution in [2.24, 2.45) is 5.73 Å². The molecule has 0 saturated heterocycles. The van der Waals surface area contributed by atoms with Crippen molar-refractivity contribution in [2.75, 3.05) is 13.2 Å². The zero-order valence-corrected chi connectivity index (χ0v) is 13.9. The molecule has 0 atom stereocenters. The molecule has 1 aromatic heterocycles. The maximum atomic E-state index is 11.5. The van der Waals surface area contributed by atoms with Crippen LogP contribution in [-0.2, 0) is 13.0 Å². The van der Waals surface area contributed by atoms with Gasteiger partial charge in [0.15, 0.2) is 0 Å². The number of aryl methyl sites for hydroxylation is 2. The molecule has 0 fully saturated rings. The third kappa shape index (κ3) is 3.74. The van der Waals surface area contributed by atoms with Crippen molar-refractivity contribution in [2.45, 2.75) is 45.6 Å². The van der Waals surface area contributed by atoms with Gasteiger partial charge < -0.3 is 20.5 Å². The zero-order valence-electron chi connectivity index (χ0n) is 13.9. The van der Waals surface area contributed by atoms with Crippen LogP contribution in [0.25, 0.3) is 10.9 Å². The van der Waals surface area contributed by atoms with Crippen molar-refractivity contribution in [1.82, 2.24) is 4.57 Å². The summed E-state index contributed by atoms with van der Waals surface area (Å²) in [4.78, 5) is 11.5. The first kappa shape index (κ1) is 17.5. The van der Waals surface area contributed by atoms with Crippen LogP contribution in [0.3, 0.4) is 0 Å². The molecule has 4 N–H and O–H groups in total. The number of benzene rings is 1. The van der Waals surface area contributed by atoms with Crippen molar-refractivity contribution >= 4 is 16.9 Å². The van der Waals surface area contributed by atoms with E-state index in [0.717, 1.165) is 41.4 Å². The van der Waals surface area contributed by atoms with Gasteiger partial charge in [-0.05, 0) is 55.0 Å². The Bertz CT molecular complexity index is 689. The molecule has 126 valence electrons. The summed E-state index contributed by atoms with van der Waals surface area (Å²) in [6, 6.07) is 3.54. The molecule has 0 saturated carbocycles. The molecule has 0 unspecified atom stereocenters. The first-order valence-corrected chi connectivity index (χ1v) is 8.19. The normalized spacial score (nSPS) is 11.5. The van der Waals surface area contributed by atoms with Crippen LogP contribution in [0.5, 0.6) is 0 Å². The lowest BCUT2D eigenvalue weighted by Gasteiger charge is -2.13.